The molecule has 6 heteroatoms. The topological polar surface area (TPSA) is 47.1 Å². The van der Waals surface area contributed by atoms with E-state index in [0.29, 0.717) is 36.7 Å². The van der Waals surface area contributed by atoms with Crippen molar-refractivity contribution in [1.29, 1.82) is 0 Å². The molecule has 2 atom stereocenters. The molecular weight excluding hydrogens is 424 g/mol. The fourth-order valence-electron chi connectivity index (χ4n) is 5.59. The van der Waals surface area contributed by atoms with Crippen molar-refractivity contribution in [3.05, 3.63) is 0 Å². The van der Waals surface area contributed by atoms with Crippen LogP contribution in [0.1, 0.15) is 104 Å². The number of carbonyl (C=O) groups excluding carboxylic acids is 2. The molecule has 198 valence electrons. The second-order valence-electron chi connectivity index (χ2n) is 10.8. The minimum absolute atomic E-state index is 0.327. The fourth-order valence-corrected chi connectivity index (χ4v) is 5.59. The Kier molecular flexibility index (Phi) is 14.1. The number of amides is 2. The summed E-state index contributed by atoms with van der Waals surface area (Å²) < 4.78 is 0. The molecule has 2 heterocycles. The van der Waals surface area contributed by atoms with Gasteiger partial charge in [-0.25, -0.2) is 0 Å². The highest BCUT2D eigenvalue weighted by Crippen LogP contribution is 2.19. The van der Waals surface area contributed by atoms with Crippen LogP contribution in [0.4, 0.5) is 0 Å². The normalized spacial score (nSPS) is 24.1. The SMILES string of the molecule is CCCCC[C@@H]1CC(=O)N(CCCCN2CCCN(C)[C@H](CCCCC)CC2=O)CCCN1C. The molecule has 2 saturated heterocycles. The van der Waals surface area contributed by atoms with E-state index >= 15 is 0 Å². The molecule has 0 saturated carbocycles. The quantitative estimate of drug-likeness (QED) is 0.358. The molecule has 0 aromatic carbocycles. The highest BCUT2D eigenvalue weighted by atomic mass is 16.2. The molecule has 0 aromatic heterocycles. The summed E-state index contributed by atoms with van der Waals surface area (Å²) in [5.41, 5.74) is 0. The molecule has 0 N–H and O–H groups in total. The lowest BCUT2D eigenvalue weighted by Crippen LogP contribution is -2.45. The summed E-state index contributed by atoms with van der Waals surface area (Å²) in [6.45, 7) is 10.1. The Morgan fingerprint density at radius 3 is 1.41 bits per heavy atom. The molecule has 0 aliphatic carbocycles. The Hall–Kier alpha value is -1.14. The van der Waals surface area contributed by atoms with Gasteiger partial charge in [0.15, 0.2) is 0 Å². The molecule has 2 fully saturated rings. The fraction of sp³-hybridized carbons (Fsp3) is 0.929. The van der Waals surface area contributed by atoms with E-state index in [1.807, 2.05) is 0 Å². The Morgan fingerprint density at radius 1 is 0.618 bits per heavy atom. The van der Waals surface area contributed by atoms with E-state index in [2.05, 4.69) is 47.5 Å². The van der Waals surface area contributed by atoms with Gasteiger partial charge in [-0.15, -0.1) is 0 Å². The molecule has 2 aliphatic rings. The first-order chi connectivity index (χ1) is 16.5. The van der Waals surface area contributed by atoms with Crippen molar-refractivity contribution in [2.45, 2.75) is 116 Å². The van der Waals surface area contributed by atoms with E-state index in [1.54, 1.807) is 0 Å². The summed E-state index contributed by atoms with van der Waals surface area (Å²) in [6, 6.07) is 0.785. The summed E-state index contributed by atoms with van der Waals surface area (Å²) >= 11 is 0. The molecule has 34 heavy (non-hydrogen) atoms. The number of unbranched alkanes of at least 4 members (excludes halogenated alkanes) is 5. The third kappa shape index (κ3) is 10.2. The predicted molar refractivity (Wildman–Crippen MR) is 142 cm³/mol. The summed E-state index contributed by atoms with van der Waals surface area (Å²) in [7, 11) is 4.37. The van der Waals surface area contributed by atoms with Crippen molar-refractivity contribution < 1.29 is 9.59 Å². The van der Waals surface area contributed by atoms with E-state index in [4.69, 9.17) is 0 Å². The van der Waals surface area contributed by atoms with Crippen LogP contribution in [0, 0.1) is 0 Å². The Balaban J connectivity index is 1.76. The van der Waals surface area contributed by atoms with Crippen molar-refractivity contribution in [1.82, 2.24) is 19.6 Å². The number of hydrogen-bond donors (Lipinski definition) is 0. The smallest absolute Gasteiger partial charge is 0.224 e. The molecule has 0 spiro atoms. The minimum atomic E-state index is 0.327. The summed E-state index contributed by atoms with van der Waals surface area (Å²) in [4.78, 5) is 35.0. The maximum atomic E-state index is 13.0. The summed E-state index contributed by atoms with van der Waals surface area (Å²) in [5.74, 6) is 0.654. The van der Waals surface area contributed by atoms with Gasteiger partial charge in [0.2, 0.25) is 11.8 Å². The third-order valence-electron chi connectivity index (χ3n) is 8.04. The van der Waals surface area contributed by atoms with Crippen molar-refractivity contribution in [3.8, 4) is 0 Å². The molecule has 2 amide bonds. The van der Waals surface area contributed by atoms with Gasteiger partial charge in [0.1, 0.15) is 0 Å². The maximum absolute atomic E-state index is 13.0. The predicted octanol–water partition coefficient (Wildman–Crippen LogP) is 4.77. The Bertz CT molecular complexity index is 535. The van der Waals surface area contributed by atoms with Crippen LogP contribution in [0.25, 0.3) is 0 Å². The molecular formula is C28H54N4O2. The average Bonchev–Trinajstić information content (AvgIpc) is 2.81. The molecule has 0 unspecified atom stereocenters. The van der Waals surface area contributed by atoms with Crippen LogP contribution in [-0.2, 0) is 9.59 Å². The highest BCUT2D eigenvalue weighted by molar-refractivity contribution is 5.77. The van der Waals surface area contributed by atoms with Gasteiger partial charge in [-0.05, 0) is 65.7 Å². The van der Waals surface area contributed by atoms with Crippen molar-refractivity contribution >= 4 is 11.8 Å². The summed E-state index contributed by atoms with van der Waals surface area (Å²) in [5, 5.41) is 0. The van der Waals surface area contributed by atoms with Crippen LogP contribution in [0.5, 0.6) is 0 Å². The van der Waals surface area contributed by atoms with Gasteiger partial charge in [0.25, 0.3) is 0 Å². The lowest BCUT2D eigenvalue weighted by Gasteiger charge is -2.35. The minimum Gasteiger partial charge on any atom is -0.343 e. The molecule has 2 aliphatic heterocycles. The standard InChI is InChI=1S/C28H54N4O2/c1-5-7-9-15-25-23-27(33)31(21-13-17-29(25)3)19-11-12-20-32-22-14-18-30(4)26(24-28(32)34)16-10-8-6-2/h25-26H,5-24H2,1-4H3/t25-,26-/m1/s1. The lowest BCUT2D eigenvalue weighted by molar-refractivity contribution is -0.135. The van der Waals surface area contributed by atoms with E-state index in [9.17, 15) is 9.59 Å². The highest BCUT2D eigenvalue weighted by Gasteiger charge is 2.26. The van der Waals surface area contributed by atoms with Crippen LogP contribution >= 0.6 is 0 Å². The van der Waals surface area contributed by atoms with Crippen molar-refractivity contribution in [2.24, 2.45) is 0 Å². The second-order valence-corrected chi connectivity index (χ2v) is 10.8. The first kappa shape index (κ1) is 29.1. The van der Waals surface area contributed by atoms with Crippen molar-refractivity contribution in [3.63, 3.8) is 0 Å². The Morgan fingerprint density at radius 2 is 1.03 bits per heavy atom. The van der Waals surface area contributed by atoms with E-state index in [1.165, 1.54) is 38.5 Å². The van der Waals surface area contributed by atoms with E-state index in [0.717, 1.165) is 77.8 Å². The van der Waals surface area contributed by atoms with Gasteiger partial charge in [0.05, 0.1) is 0 Å². The van der Waals surface area contributed by atoms with Crippen LogP contribution < -0.4 is 0 Å². The van der Waals surface area contributed by atoms with Crippen LogP contribution in [-0.4, -0.2) is 96.9 Å². The molecule has 6 nitrogen and oxygen atoms in total. The van der Waals surface area contributed by atoms with Gasteiger partial charge in [-0.1, -0.05) is 52.4 Å². The zero-order chi connectivity index (χ0) is 24.8. The zero-order valence-electron chi connectivity index (χ0n) is 22.9. The van der Waals surface area contributed by atoms with Gasteiger partial charge >= 0.3 is 0 Å². The average molecular weight is 479 g/mol. The molecule has 0 bridgehead atoms. The van der Waals surface area contributed by atoms with E-state index < -0.39 is 0 Å². The third-order valence-corrected chi connectivity index (χ3v) is 8.04. The maximum Gasteiger partial charge on any atom is 0.224 e. The number of rotatable bonds is 13. The number of nitrogens with zero attached hydrogens (tertiary/aromatic N) is 4. The second kappa shape index (κ2) is 16.5. The Labute approximate surface area is 210 Å². The van der Waals surface area contributed by atoms with Gasteiger partial charge in [-0.3, -0.25) is 9.59 Å². The number of carbonyl (C=O) groups is 2. The number of hydrogen-bond acceptors (Lipinski definition) is 4. The summed E-state index contributed by atoms with van der Waals surface area (Å²) in [6.07, 6.45) is 15.1. The zero-order valence-corrected chi connectivity index (χ0v) is 22.9. The molecule has 0 aromatic rings. The first-order valence-electron chi connectivity index (χ1n) is 14.4. The monoisotopic (exact) mass is 478 g/mol. The van der Waals surface area contributed by atoms with Gasteiger partial charge in [0, 0.05) is 51.1 Å². The van der Waals surface area contributed by atoms with Gasteiger partial charge in [-0.2, -0.15) is 0 Å². The van der Waals surface area contributed by atoms with Crippen LogP contribution in [0.2, 0.25) is 0 Å². The van der Waals surface area contributed by atoms with Crippen molar-refractivity contribution in [2.75, 3.05) is 53.4 Å². The lowest BCUT2D eigenvalue weighted by atomic mass is 10.0. The molecule has 2 rings (SSSR count). The first-order valence-corrected chi connectivity index (χ1v) is 14.4. The largest absolute Gasteiger partial charge is 0.343 e. The van der Waals surface area contributed by atoms with E-state index in [-0.39, 0.29) is 0 Å². The molecule has 0 radical (unpaired) electrons. The van der Waals surface area contributed by atoms with Crippen LogP contribution in [0.15, 0.2) is 0 Å². The van der Waals surface area contributed by atoms with Gasteiger partial charge < -0.3 is 19.6 Å². The van der Waals surface area contributed by atoms with Crippen LogP contribution in [0.3, 0.4) is 0 Å².